The van der Waals surface area contributed by atoms with E-state index in [4.69, 9.17) is 5.11 Å². The molecular weight excluding hydrogens is 150 g/mol. The molecule has 2 nitrogen and oxygen atoms in total. The second kappa shape index (κ2) is 6.44. The van der Waals surface area contributed by atoms with E-state index in [-0.39, 0.29) is 12.6 Å². The second-order valence-corrected chi connectivity index (χ2v) is 3.71. The molecule has 0 bridgehead atoms. The smallest absolute Gasteiger partial charge is 0.0587 e. The van der Waals surface area contributed by atoms with Crippen molar-refractivity contribution in [2.75, 3.05) is 6.61 Å². The van der Waals surface area contributed by atoms with E-state index in [9.17, 15) is 0 Å². The molecule has 0 aromatic heterocycles. The minimum absolute atomic E-state index is 0.244. The molecule has 0 aliphatic carbocycles. The topological polar surface area (TPSA) is 32.3 Å². The molecule has 0 aliphatic heterocycles. The van der Waals surface area contributed by atoms with Gasteiger partial charge in [-0.3, -0.25) is 0 Å². The van der Waals surface area contributed by atoms with E-state index in [1.54, 1.807) is 0 Å². The Balaban J connectivity index is 3.82. The highest BCUT2D eigenvalue weighted by Gasteiger charge is 2.14. The van der Waals surface area contributed by atoms with E-state index in [1.165, 1.54) is 0 Å². The Morgan fingerprint density at radius 1 is 1.17 bits per heavy atom. The maximum absolute atomic E-state index is 9.07. The summed E-state index contributed by atoms with van der Waals surface area (Å²) in [6, 6.07) is 0.819. The summed E-state index contributed by atoms with van der Waals surface area (Å²) in [5, 5.41) is 12.5. The van der Waals surface area contributed by atoms with Crippen molar-refractivity contribution in [1.29, 1.82) is 0 Å². The van der Waals surface area contributed by atoms with Gasteiger partial charge in [-0.05, 0) is 18.8 Å². The standard InChI is InChI=1S/C10H23NO/c1-5-9(6-2)11-10(7-12)8(3)4/h8-12H,5-7H2,1-4H3/t10-/m1/s1. The first-order valence-corrected chi connectivity index (χ1v) is 5.02. The predicted octanol–water partition coefficient (Wildman–Crippen LogP) is 1.78. The molecule has 0 saturated heterocycles. The summed E-state index contributed by atoms with van der Waals surface area (Å²) in [5.41, 5.74) is 0. The third-order valence-corrected chi connectivity index (χ3v) is 2.44. The summed E-state index contributed by atoms with van der Waals surface area (Å²) in [7, 11) is 0. The van der Waals surface area contributed by atoms with Crippen molar-refractivity contribution in [3.63, 3.8) is 0 Å². The third kappa shape index (κ3) is 4.07. The molecule has 12 heavy (non-hydrogen) atoms. The molecular formula is C10H23NO. The fourth-order valence-corrected chi connectivity index (χ4v) is 1.28. The summed E-state index contributed by atoms with van der Waals surface area (Å²) < 4.78 is 0. The van der Waals surface area contributed by atoms with Crippen LogP contribution >= 0.6 is 0 Å². The van der Waals surface area contributed by atoms with Crippen molar-refractivity contribution in [3.05, 3.63) is 0 Å². The fraction of sp³-hybridized carbons (Fsp3) is 1.00. The Bertz CT molecular complexity index is 100. The van der Waals surface area contributed by atoms with E-state index in [0.29, 0.717) is 12.0 Å². The van der Waals surface area contributed by atoms with E-state index in [1.807, 2.05) is 0 Å². The van der Waals surface area contributed by atoms with E-state index in [2.05, 4.69) is 33.0 Å². The quantitative estimate of drug-likeness (QED) is 0.641. The lowest BCUT2D eigenvalue weighted by atomic mass is 10.0. The van der Waals surface area contributed by atoms with Crippen LogP contribution in [0, 0.1) is 5.92 Å². The Kier molecular flexibility index (Phi) is 6.39. The Labute approximate surface area is 76.4 Å². The molecule has 0 rings (SSSR count). The zero-order valence-electron chi connectivity index (χ0n) is 8.80. The molecule has 0 unspecified atom stereocenters. The lowest BCUT2D eigenvalue weighted by Crippen LogP contribution is -2.43. The molecule has 2 heteroatoms. The molecule has 0 aliphatic rings. The number of aliphatic hydroxyl groups excluding tert-OH is 1. The zero-order chi connectivity index (χ0) is 9.56. The van der Waals surface area contributed by atoms with Gasteiger partial charge < -0.3 is 10.4 Å². The van der Waals surface area contributed by atoms with Gasteiger partial charge >= 0.3 is 0 Å². The van der Waals surface area contributed by atoms with Gasteiger partial charge in [-0.1, -0.05) is 27.7 Å². The Morgan fingerprint density at radius 3 is 1.92 bits per heavy atom. The van der Waals surface area contributed by atoms with Crippen LogP contribution in [-0.2, 0) is 0 Å². The van der Waals surface area contributed by atoms with Crippen LogP contribution in [0.1, 0.15) is 40.5 Å². The lowest BCUT2D eigenvalue weighted by Gasteiger charge is -2.25. The van der Waals surface area contributed by atoms with E-state index in [0.717, 1.165) is 12.8 Å². The van der Waals surface area contributed by atoms with Crippen molar-refractivity contribution in [3.8, 4) is 0 Å². The lowest BCUT2D eigenvalue weighted by molar-refractivity contribution is 0.196. The molecule has 0 radical (unpaired) electrons. The van der Waals surface area contributed by atoms with Crippen LogP contribution in [0.15, 0.2) is 0 Å². The number of hydrogen-bond acceptors (Lipinski definition) is 2. The van der Waals surface area contributed by atoms with Crippen LogP contribution in [-0.4, -0.2) is 23.8 Å². The van der Waals surface area contributed by atoms with Gasteiger partial charge in [0.2, 0.25) is 0 Å². The summed E-state index contributed by atoms with van der Waals surface area (Å²) >= 11 is 0. The van der Waals surface area contributed by atoms with Gasteiger partial charge in [0, 0.05) is 12.1 Å². The van der Waals surface area contributed by atoms with Crippen LogP contribution in [0.5, 0.6) is 0 Å². The van der Waals surface area contributed by atoms with Crippen molar-refractivity contribution in [2.45, 2.75) is 52.6 Å². The van der Waals surface area contributed by atoms with Gasteiger partial charge in [-0.25, -0.2) is 0 Å². The average molecular weight is 173 g/mol. The van der Waals surface area contributed by atoms with Crippen molar-refractivity contribution >= 4 is 0 Å². The molecule has 74 valence electrons. The van der Waals surface area contributed by atoms with Crippen LogP contribution in [0.2, 0.25) is 0 Å². The predicted molar refractivity (Wildman–Crippen MR) is 53.2 cm³/mol. The van der Waals surface area contributed by atoms with Crippen molar-refractivity contribution in [1.82, 2.24) is 5.32 Å². The first kappa shape index (κ1) is 11.9. The molecule has 0 heterocycles. The molecule has 0 amide bonds. The fourth-order valence-electron chi connectivity index (χ4n) is 1.28. The third-order valence-electron chi connectivity index (χ3n) is 2.44. The number of rotatable bonds is 6. The summed E-state index contributed by atoms with van der Waals surface area (Å²) in [5.74, 6) is 0.510. The van der Waals surface area contributed by atoms with Crippen LogP contribution in [0.25, 0.3) is 0 Å². The Hall–Kier alpha value is -0.0800. The largest absolute Gasteiger partial charge is 0.395 e. The van der Waals surface area contributed by atoms with E-state index >= 15 is 0 Å². The van der Waals surface area contributed by atoms with Crippen LogP contribution in [0.3, 0.4) is 0 Å². The molecule has 0 aromatic rings. The number of aliphatic hydroxyl groups is 1. The number of nitrogens with one attached hydrogen (secondary N) is 1. The van der Waals surface area contributed by atoms with Gasteiger partial charge in [-0.2, -0.15) is 0 Å². The highest BCUT2D eigenvalue weighted by atomic mass is 16.3. The minimum Gasteiger partial charge on any atom is -0.395 e. The van der Waals surface area contributed by atoms with Gasteiger partial charge in [-0.15, -0.1) is 0 Å². The Morgan fingerprint density at radius 2 is 1.67 bits per heavy atom. The molecule has 1 atom stereocenters. The SMILES string of the molecule is CCC(CC)N[C@H](CO)C(C)C. The first-order valence-electron chi connectivity index (χ1n) is 5.02. The van der Waals surface area contributed by atoms with Gasteiger partial charge in [0.15, 0.2) is 0 Å². The van der Waals surface area contributed by atoms with Gasteiger partial charge in [0.25, 0.3) is 0 Å². The highest BCUT2D eigenvalue weighted by molar-refractivity contribution is 4.74. The maximum atomic E-state index is 9.07. The van der Waals surface area contributed by atoms with Crippen molar-refractivity contribution in [2.24, 2.45) is 5.92 Å². The monoisotopic (exact) mass is 173 g/mol. The van der Waals surface area contributed by atoms with Gasteiger partial charge in [0.1, 0.15) is 0 Å². The molecule has 0 spiro atoms. The summed E-state index contributed by atoms with van der Waals surface area (Å²) in [6.45, 7) is 8.87. The highest BCUT2D eigenvalue weighted by Crippen LogP contribution is 2.05. The molecule has 0 aromatic carbocycles. The maximum Gasteiger partial charge on any atom is 0.0587 e. The average Bonchev–Trinajstić information content (AvgIpc) is 2.06. The normalized spacial score (nSPS) is 14.2. The zero-order valence-corrected chi connectivity index (χ0v) is 8.80. The van der Waals surface area contributed by atoms with Crippen LogP contribution < -0.4 is 5.32 Å². The first-order chi connectivity index (χ1) is 5.65. The van der Waals surface area contributed by atoms with E-state index < -0.39 is 0 Å². The molecule has 2 N–H and O–H groups in total. The number of hydrogen-bond donors (Lipinski definition) is 2. The second-order valence-electron chi connectivity index (χ2n) is 3.71. The van der Waals surface area contributed by atoms with Crippen LogP contribution in [0.4, 0.5) is 0 Å². The van der Waals surface area contributed by atoms with Crippen molar-refractivity contribution < 1.29 is 5.11 Å². The summed E-state index contributed by atoms with van der Waals surface area (Å²) in [6.07, 6.45) is 2.28. The molecule has 0 fully saturated rings. The van der Waals surface area contributed by atoms with Gasteiger partial charge in [0.05, 0.1) is 6.61 Å². The summed E-state index contributed by atoms with van der Waals surface area (Å²) in [4.78, 5) is 0. The minimum atomic E-state index is 0.244. The molecule has 0 saturated carbocycles.